The minimum atomic E-state index is -0.355. The summed E-state index contributed by atoms with van der Waals surface area (Å²) < 4.78 is 5.30. The van der Waals surface area contributed by atoms with Crippen molar-refractivity contribution in [3.8, 4) is 11.8 Å². The van der Waals surface area contributed by atoms with Gasteiger partial charge in [-0.25, -0.2) is 0 Å². The third-order valence-corrected chi connectivity index (χ3v) is 4.09. The van der Waals surface area contributed by atoms with E-state index >= 15 is 0 Å². The molecule has 1 aliphatic rings. The Bertz CT molecular complexity index is 691. The van der Waals surface area contributed by atoms with Crippen LogP contribution in [0.15, 0.2) is 48.5 Å². The molecule has 0 amide bonds. The summed E-state index contributed by atoms with van der Waals surface area (Å²) in [5.41, 5.74) is 2.78. The van der Waals surface area contributed by atoms with E-state index in [2.05, 4.69) is 17.0 Å². The van der Waals surface area contributed by atoms with Crippen LogP contribution in [0.3, 0.4) is 0 Å². The minimum absolute atomic E-state index is 0.109. The molecule has 0 aliphatic carbocycles. The van der Waals surface area contributed by atoms with Crippen LogP contribution in [0.1, 0.15) is 23.6 Å². The molecular formula is C18H18N2O2. The molecule has 2 unspecified atom stereocenters. The fourth-order valence-corrected chi connectivity index (χ4v) is 2.99. The van der Waals surface area contributed by atoms with E-state index in [1.807, 2.05) is 42.5 Å². The molecule has 0 spiro atoms. The molecule has 1 saturated heterocycles. The van der Waals surface area contributed by atoms with Crippen LogP contribution in [0.25, 0.3) is 0 Å². The first kappa shape index (κ1) is 14.4. The minimum Gasteiger partial charge on any atom is -0.497 e. The third-order valence-electron chi connectivity index (χ3n) is 4.09. The van der Waals surface area contributed by atoms with Crippen LogP contribution in [0.5, 0.6) is 5.75 Å². The molecule has 2 aromatic carbocycles. The van der Waals surface area contributed by atoms with Gasteiger partial charge in [0, 0.05) is 12.2 Å². The number of hydrogen-bond donors (Lipinski definition) is 1. The Hall–Kier alpha value is -2.51. The highest BCUT2D eigenvalue weighted by atomic mass is 16.5. The zero-order valence-corrected chi connectivity index (χ0v) is 12.4. The predicted octanol–water partition coefficient (Wildman–Crippen LogP) is 2.88. The molecule has 4 nitrogen and oxygen atoms in total. The molecule has 2 atom stereocenters. The quantitative estimate of drug-likeness (QED) is 0.945. The van der Waals surface area contributed by atoms with Gasteiger partial charge in [0.15, 0.2) is 0 Å². The second-order valence-electron chi connectivity index (χ2n) is 5.49. The van der Waals surface area contributed by atoms with Gasteiger partial charge in [-0.1, -0.05) is 12.1 Å². The molecule has 22 heavy (non-hydrogen) atoms. The number of anilines is 1. The maximum absolute atomic E-state index is 10.1. The van der Waals surface area contributed by atoms with Crippen LogP contribution in [0, 0.1) is 11.3 Å². The monoisotopic (exact) mass is 294 g/mol. The first-order chi connectivity index (χ1) is 10.7. The van der Waals surface area contributed by atoms with Crippen molar-refractivity contribution in [2.45, 2.75) is 18.6 Å². The number of methoxy groups -OCH3 is 1. The van der Waals surface area contributed by atoms with E-state index in [4.69, 9.17) is 10.00 Å². The Morgan fingerprint density at radius 3 is 2.68 bits per heavy atom. The van der Waals surface area contributed by atoms with Crippen molar-refractivity contribution >= 4 is 5.69 Å². The van der Waals surface area contributed by atoms with Gasteiger partial charge in [-0.3, -0.25) is 0 Å². The third kappa shape index (κ3) is 2.76. The molecule has 1 fully saturated rings. The fourth-order valence-electron chi connectivity index (χ4n) is 2.99. The number of nitriles is 1. The van der Waals surface area contributed by atoms with Gasteiger partial charge in [-0.05, 0) is 48.4 Å². The van der Waals surface area contributed by atoms with Crippen molar-refractivity contribution in [3.05, 3.63) is 59.7 Å². The van der Waals surface area contributed by atoms with E-state index in [0.717, 1.165) is 17.0 Å². The molecule has 0 saturated carbocycles. The molecule has 1 aliphatic heterocycles. The normalized spacial score (nSPS) is 20.7. The lowest BCUT2D eigenvalue weighted by Gasteiger charge is -2.27. The predicted molar refractivity (Wildman–Crippen MR) is 84.9 cm³/mol. The molecule has 4 heteroatoms. The molecule has 3 rings (SSSR count). The van der Waals surface area contributed by atoms with Crippen molar-refractivity contribution in [1.82, 2.24) is 0 Å². The smallest absolute Gasteiger partial charge is 0.119 e. The molecular weight excluding hydrogens is 276 g/mol. The van der Waals surface area contributed by atoms with Gasteiger partial charge in [-0.2, -0.15) is 5.26 Å². The van der Waals surface area contributed by atoms with Crippen molar-refractivity contribution in [2.24, 2.45) is 0 Å². The maximum Gasteiger partial charge on any atom is 0.119 e. The summed E-state index contributed by atoms with van der Waals surface area (Å²) in [6.07, 6.45) is 0.333. The van der Waals surface area contributed by atoms with Crippen LogP contribution in [0.2, 0.25) is 0 Å². The average Bonchev–Trinajstić information content (AvgIpc) is 2.97. The Morgan fingerprint density at radius 2 is 2.00 bits per heavy atom. The van der Waals surface area contributed by atoms with E-state index in [1.165, 1.54) is 0 Å². The average molecular weight is 294 g/mol. The summed E-state index contributed by atoms with van der Waals surface area (Å²) in [6, 6.07) is 17.7. The van der Waals surface area contributed by atoms with Crippen molar-refractivity contribution in [3.63, 3.8) is 0 Å². The standard InChI is InChI=1S/C18H18N2O2/c1-22-17-4-2-3-14(9-17)18-10-16(21)12-20(18)15-7-5-13(11-19)6-8-15/h2-9,16,18,21H,10,12H2,1H3. The van der Waals surface area contributed by atoms with Crippen LogP contribution < -0.4 is 9.64 Å². The van der Waals surface area contributed by atoms with Gasteiger partial charge in [0.2, 0.25) is 0 Å². The summed E-state index contributed by atoms with van der Waals surface area (Å²) in [5, 5.41) is 19.0. The number of hydrogen-bond acceptors (Lipinski definition) is 4. The zero-order valence-electron chi connectivity index (χ0n) is 12.4. The lowest BCUT2D eigenvalue weighted by molar-refractivity contribution is 0.194. The number of benzene rings is 2. The number of aliphatic hydroxyl groups excluding tert-OH is 1. The van der Waals surface area contributed by atoms with Gasteiger partial charge in [-0.15, -0.1) is 0 Å². The summed E-state index contributed by atoms with van der Waals surface area (Å²) >= 11 is 0. The van der Waals surface area contributed by atoms with Gasteiger partial charge in [0.1, 0.15) is 5.75 Å². The molecule has 112 valence electrons. The number of β-amino-alcohol motifs (C(OH)–C–C–N with tert-alkyl or cyclic N) is 1. The van der Waals surface area contributed by atoms with Crippen molar-refractivity contribution in [1.29, 1.82) is 5.26 Å². The summed E-state index contributed by atoms with van der Waals surface area (Å²) in [6.45, 7) is 0.591. The van der Waals surface area contributed by atoms with E-state index in [1.54, 1.807) is 7.11 Å². The van der Waals surface area contributed by atoms with Crippen molar-refractivity contribution in [2.75, 3.05) is 18.6 Å². The van der Waals surface area contributed by atoms with Crippen LogP contribution >= 0.6 is 0 Å². The highest BCUT2D eigenvalue weighted by molar-refractivity contribution is 5.53. The van der Waals surface area contributed by atoms with Gasteiger partial charge in [0.25, 0.3) is 0 Å². The van der Waals surface area contributed by atoms with E-state index in [9.17, 15) is 5.11 Å². The highest BCUT2D eigenvalue weighted by Gasteiger charge is 2.32. The van der Waals surface area contributed by atoms with Crippen molar-refractivity contribution < 1.29 is 9.84 Å². The topological polar surface area (TPSA) is 56.5 Å². The van der Waals surface area contributed by atoms with Crippen LogP contribution in [-0.4, -0.2) is 24.9 Å². The Kier molecular flexibility index (Phi) is 3.99. The second-order valence-corrected chi connectivity index (χ2v) is 5.49. The number of rotatable bonds is 3. The SMILES string of the molecule is COc1cccc(C2CC(O)CN2c2ccc(C#N)cc2)c1. The maximum atomic E-state index is 10.1. The number of aliphatic hydroxyl groups is 1. The van der Waals surface area contributed by atoms with E-state index in [0.29, 0.717) is 18.5 Å². The van der Waals surface area contributed by atoms with Gasteiger partial charge >= 0.3 is 0 Å². The van der Waals surface area contributed by atoms with Gasteiger partial charge in [0.05, 0.1) is 30.9 Å². The summed E-state index contributed by atoms with van der Waals surface area (Å²) in [5.74, 6) is 0.818. The molecule has 0 aromatic heterocycles. The largest absolute Gasteiger partial charge is 0.497 e. The number of ether oxygens (including phenoxy) is 1. The second kappa shape index (κ2) is 6.08. The highest BCUT2D eigenvalue weighted by Crippen LogP contribution is 2.37. The van der Waals surface area contributed by atoms with E-state index < -0.39 is 0 Å². The Morgan fingerprint density at radius 1 is 1.23 bits per heavy atom. The first-order valence-electron chi connectivity index (χ1n) is 7.30. The first-order valence-corrected chi connectivity index (χ1v) is 7.30. The Balaban J connectivity index is 1.92. The molecule has 0 radical (unpaired) electrons. The molecule has 0 bridgehead atoms. The Labute approximate surface area is 130 Å². The number of nitrogens with zero attached hydrogens (tertiary/aromatic N) is 2. The molecule has 1 N–H and O–H groups in total. The fraction of sp³-hybridized carbons (Fsp3) is 0.278. The van der Waals surface area contributed by atoms with Crippen LogP contribution in [0.4, 0.5) is 5.69 Å². The molecule has 2 aromatic rings. The lowest BCUT2D eigenvalue weighted by atomic mass is 10.0. The summed E-state index contributed by atoms with van der Waals surface area (Å²) in [7, 11) is 1.65. The van der Waals surface area contributed by atoms with Crippen LogP contribution in [-0.2, 0) is 0 Å². The zero-order chi connectivity index (χ0) is 15.5. The van der Waals surface area contributed by atoms with E-state index in [-0.39, 0.29) is 12.1 Å². The van der Waals surface area contributed by atoms with Gasteiger partial charge < -0.3 is 14.7 Å². The molecule has 1 heterocycles. The lowest BCUT2D eigenvalue weighted by Crippen LogP contribution is -2.24. The summed E-state index contributed by atoms with van der Waals surface area (Å²) in [4.78, 5) is 2.18.